The van der Waals surface area contributed by atoms with E-state index in [2.05, 4.69) is 10.6 Å². The second kappa shape index (κ2) is 11.6. The van der Waals surface area contributed by atoms with Gasteiger partial charge in [0.25, 0.3) is 0 Å². The summed E-state index contributed by atoms with van der Waals surface area (Å²) in [7, 11) is 0. The van der Waals surface area contributed by atoms with E-state index in [0.29, 0.717) is 25.5 Å². The van der Waals surface area contributed by atoms with Crippen LogP contribution >= 0.6 is 0 Å². The summed E-state index contributed by atoms with van der Waals surface area (Å²) in [5.41, 5.74) is 0.556. The van der Waals surface area contributed by atoms with Crippen molar-refractivity contribution in [2.24, 2.45) is 17.8 Å². The number of nitrogens with zero attached hydrogens (tertiary/aromatic N) is 1. The van der Waals surface area contributed by atoms with Gasteiger partial charge in [-0.2, -0.15) is 0 Å². The largest absolute Gasteiger partial charge is 0.443 e. The molecule has 0 aromatic heterocycles. The van der Waals surface area contributed by atoms with Crippen LogP contribution < -0.4 is 10.6 Å². The molecule has 37 heavy (non-hydrogen) atoms. The van der Waals surface area contributed by atoms with Crippen LogP contribution in [0.1, 0.15) is 53.0 Å². The van der Waals surface area contributed by atoms with Crippen molar-refractivity contribution in [3.63, 3.8) is 0 Å². The summed E-state index contributed by atoms with van der Waals surface area (Å²) in [6, 6.07) is 8.78. The second-order valence-corrected chi connectivity index (χ2v) is 12.2. The minimum atomic E-state index is -1.00. The normalized spacial score (nSPS) is 28.0. The molecule has 0 spiro atoms. The Bertz CT molecular complexity index is 912. The Morgan fingerprint density at radius 3 is 2.54 bits per heavy atom. The predicted octanol–water partition coefficient (Wildman–Crippen LogP) is 3.30. The van der Waals surface area contributed by atoms with Gasteiger partial charge in [-0.1, -0.05) is 44.2 Å². The van der Waals surface area contributed by atoms with Crippen LogP contribution in [0.3, 0.4) is 0 Å². The molecule has 2 saturated heterocycles. The SMILES string of the molecule is CC(C)CN(C[C@@H](O)[C@H](Cc1ccccc1)NC(=O)OC1C2COC3OC1CC3C2)C(=O)NC(C)(C)C. The van der Waals surface area contributed by atoms with Gasteiger partial charge < -0.3 is 34.9 Å². The summed E-state index contributed by atoms with van der Waals surface area (Å²) in [6.07, 6.45) is -0.127. The van der Waals surface area contributed by atoms with Crippen molar-refractivity contribution >= 4 is 12.1 Å². The fraction of sp³-hybridized carbons (Fsp3) is 0.714. The monoisotopic (exact) mass is 517 g/mol. The van der Waals surface area contributed by atoms with E-state index >= 15 is 0 Å². The van der Waals surface area contributed by atoms with Crippen molar-refractivity contribution in [1.82, 2.24) is 15.5 Å². The van der Waals surface area contributed by atoms with E-state index in [1.807, 2.05) is 65.0 Å². The Kier molecular flexibility index (Phi) is 8.66. The molecule has 1 aromatic rings. The topological polar surface area (TPSA) is 109 Å². The summed E-state index contributed by atoms with van der Waals surface area (Å²) < 4.78 is 17.6. The number of hydrogen-bond donors (Lipinski definition) is 3. The lowest BCUT2D eigenvalue weighted by Gasteiger charge is -2.37. The molecule has 9 heteroatoms. The highest BCUT2D eigenvalue weighted by Crippen LogP contribution is 2.46. The van der Waals surface area contributed by atoms with Gasteiger partial charge in [-0.25, -0.2) is 9.59 Å². The lowest BCUT2D eigenvalue weighted by molar-refractivity contribution is -0.153. The van der Waals surface area contributed by atoms with Gasteiger partial charge in [0.05, 0.1) is 31.4 Å². The molecule has 2 heterocycles. The van der Waals surface area contributed by atoms with Gasteiger partial charge in [-0.3, -0.25) is 0 Å². The molecule has 3 amide bonds. The van der Waals surface area contributed by atoms with E-state index in [1.165, 1.54) is 0 Å². The first-order chi connectivity index (χ1) is 17.5. The molecule has 3 aliphatic rings. The third-order valence-electron chi connectivity index (χ3n) is 7.21. The van der Waals surface area contributed by atoms with E-state index in [9.17, 15) is 14.7 Å². The summed E-state index contributed by atoms with van der Waals surface area (Å²) in [5.74, 6) is 0.710. The molecule has 4 rings (SSSR count). The van der Waals surface area contributed by atoms with Crippen molar-refractivity contribution in [2.45, 2.75) is 90.1 Å². The number of hydrogen-bond acceptors (Lipinski definition) is 6. The minimum absolute atomic E-state index is 0.0763. The lowest BCUT2D eigenvalue weighted by atomic mass is 9.78. The third kappa shape index (κ3) is 7.36. The van der Waals surface area contributed by atoms with Crippen LogP contribution in [0.25, 0.3) is 0 Å². The van der Waals surface area contributed by atoms with Gasteiger partial charge in [0.2, 0.25) is 0 Å². The molecule has 5 unspecified atom stereocenters. The molecule has 0 radical (unpaired) electrons. The van der Waals surface area contributed by atoms with Crippen LogP contribution in [-0.4, -0.2) is 78.0 Å². The molecule has 3 fully saturated rings. The van der Waals surface area contributed by atoms with Crippen molar-refractivity contribution in [2.75, 3.05) is 19.7 Å². The number of carbonyl (C=O) groups is 2. The van der Waals surface area contributed by atoms with Crippen molar-refractivity contribution < 1.29 is 28.9 Å². The number of aliphatic hydroxyl groups is 1. The van der Waals surface area contributed by atoms with Crippen molar-refractivity contribution in [3.8, 4) is 0 Å². The number of nitrogens with one attached hydrogen (secondary N) is 2. The highest BCUT2D eigenvalue weighted by Gasteiger charge is 2.53. The zero-order valence-electron chi connectivity index (χ0n) is 22.7. The molecule has 9 nitrogen and oxygen atoms in total. The Balaban J connectivity index is 1.44. The number of alkyl carbamates (subject to hydrolysis) is 1. The number of ether oxygens (including phenoxy) is 3. The Morgan fingerprint density at radius 2 is 1.86 bits per heavy atom. The molecule has 3 N–H and O–H groups in total. The minimum Gasteiger partial charge on any atom is -0.443 e. The first-order valence-corrected chi connectivity index (χ1v) is 13.5. The molecule has 1 aromatic carbocycles. The van der Waals surface area contributed by atoms with Crippen molar-refractivity contribution in [3.05, 3.63) is 35.9 Å². The zero-order chi connectivity index (χ0) is 26.7. The van der Waals surface area contributed by atoms with E-state index in [0.717, 1.165) is 18.4 Å². The van der Waals surface area contributed by atoms with Gasteiger partial charge in [0.1, 0.15) is 6.10 Å². The number of fused-ring (bicyclic) bond motifs is 2. The van der Waals surface area contributed by atoms with Crippen LogP contribution in [0, 0.1) is 17.8 Å². The van der Waals surface area contributed by atoms with Crippen LogP contribution in [0.4, 0.5) is 9.59 Å². The maximum absolute atomic E-state index is 13.1. The molecule has 7 atom stereocenters. The lowest BCUT2D eigenvalue weighted by Crippen LogP contribution is -2.55. The van der Waals surface area contributed by atoms with E-state index in [1.54, 1.807) is 4.90 Å². The predicted molar refractivity (Wildman–Crippen MR) is 139 cm³/mol. The Morgan fingerprint density at radius 1 is 1.14 bits per heavy atom. The van der Waals surface area contributed by atoms with E-state index in [-0.39, 0.29) is 42.9 Å². The number of amides is 3. The molecular formula is C28H43N3O6. The highest BCUT2D eigenvalue weighted by atomic mass is 16.7. The number of benzene rings is 1. The van der Waals surface area contributed by atoms with E-state index in [4.69, 9.17) is 14.2 Å². The summed E-state index contributed by atoms with van der Waals surface area (Å²) in [4.78, 5) is 27.7. The molecule has 206 valence electrons. The van der Waals surface area contributed by atoms with Crippen LogP contribution in [0.2, 0.25) is 0 Å². The number of urea groups is 1. The summed E-state index contributed by atoms with van der Waals surface area (Å²) >= 11 is 0. The quantitative estimate of drug-likeness (QED) is 0.464. The average Bonchev–Trinajstić information content (AvgIpc) is 3.11. The van der Waals surface area contributed by atoms with Crippen LogP contribution in [-0.2, 0) is 20.6 Å². The van der Waals surface area contributed by atoms with Crippen LogP contribution in [0.15, 0.2) is 30.3 Å². The van der Waals surface area contributed by atoms with Gasteiger partial charge in [0, 0.05) is 23.9 Å². The van der Waals surface area contributed by atoms with E-state index < -0.39 is 23.8 Å². The molecular weight excluding hydrogens is 474 g/mol. The maximum atomic E-state index is 13.1. The fourth-order valence-electron chi connectivity index (χ4n) is 5.62. The Labute approximate surface area is 220 Å². The maximum Gasteiger partial charge on any atom is 0.407 e. The smallest absolute Gasteiger partial charge is 0.407 e. The summed E-state index contributed by atoms with van der Waals surface area (Å²) in [6.45, 7) is 10.9. The fourth-order valence-corrected chi connectivity index (χ4v) is 5.62. The number of rotatable bonds is 9. The van der Waals surface area contributed by atoms with Gasteiger partial charge in [-0.05, 0) is 51.5 Å². The number of aliphatic hydroxyl groups excluding tert-OH is 1. The van der Waals surface area contributed by atoms with Gasteiger partial charge >= 0.3 is 12.1 Å². The van der Waals surface area contributed by atoms with Crippen LogP contribution in [0.5, 0.6) is 0 Å². The molecule has 2 aliphatic heterocycles. The third-order valence-corrected chi connectivity index (χ3v) is 7.21. The molecule has 1 saturated carbocycles. The summed E-state index contributed by atoms with van der Waals surface area (Å²) in [5, 5.41) is 17.2. The zero-order valence-corrected chi connectivity index (χ0v) is 22.7. The number of carbonyl (C=O) groups excluding carboxylic acids is 2. The first kappa shape index (κ1) is 27.7. The van der Waals surface area contributed by atoms with Crippen molar-refractivity contribution in [1.29, 1.82) is 0 Å². The molecule has 3 bridgehead atoms. The second-order valence-electron chi connectivity index (χ2n) is 12.2. The average molecular weight is 518 g/mol. The van der Waals surface area contributed by atoms with Gasteiger partial charge in [-0.15, -0.1) is 0 Å². The first-order valence-electron chi connectivity index (χ1n) is 13.5. The van der Waals surface area contributed by atoms with Gasteiger partial charge in [0.15, 0.2) is 6.29 Å². The Hall–Kier alpha value is -2.36. The standard InChI is InChI=1S/C28H43N3O6/c1-17(2)14-31(26(33)30-28(3,4)5)15-22(32)21(11-18-9-7-6-8-10-18)29-27(34)37-24-20-12-19-13-23(24)36-25(19)35-16-20/h6-10,17,19-25,32H,11-16H2,1-5H3,(H,29,34)(H,30,33)/t19?,20?,21-,22+,23?,24?,25?/m0/s1. The highest BCUT2D eigenvalue weighted by molar-refractivity contribution is 5.75. The molecule has 1 aliphatic carbocycles.